The van der Waals surface area contributed by atoms with Gasteiger partial charge in [0.25, 0.3) is 5.56 Å². The van der Waals surface area contributed by atoms with Gasteiger partial charge in [0, 0.05) is 17.8 Å². The Hall–Kier alpha value is -3.58. The van der Waals surface area contributed by atoms with Crippen LogP contribution in [0.1, 0.15) is 11.1 Å². The molecule has 100 valence electrons. The molecule has 7 nitrogen and oxygen atoms in total. The molecule has 0 saturated carbocycles. The highest BCUT2D eigenvalue weighted by Gasteiger charge is 2.11. The van der Waals surface area contributed by atoms with Crippen LogP contribution in [-0.2, 0) is 0 Å². The lowest BCUT2D eigenvalue weighted by Gasteiger charge is -2.03. The molecule has 7 heteroatoms. The number of hydrogen-bond acceptors (Lipinski definition) is 5. The minimum Gasteiger partial charge on any atom is -0.507 e. The second-order valence-electron chi connectivity index (χ2n) is 4.28. The predicted octanol–water partition coefficient (Wildman–Crippen LogP) is 1.14. The summed E-state index contributed by atoms with van der Waals surface area (Å²) in [6, 6.07) is 9.43. The van der Waals surface area contributed by atoms with Crippen LogP contribution in [-0.4, -0.2) is 19.7 Å². The molecule has 3 aromatic rings. The summed E-state index contributed by atoms with van der Waals surface area (Å²) in [6.45, 7) is 0. The molecule has 1 aromatic carbocycles. The van der Waals surface area contributed by atoms with Gasteiger partial charge >= 0.3 is 0 Å². The molecule has 0 fully saturated rings. The molecule has 2 aromatic heterocycles. The summed E-state index contributed by atoms with van der Waals surface area (Å²) in [4.78, 5) is 16.3. The van der Waals surface area contributed by atoms with Crippen LogP contribution in [0.4, 0.5) is 0 Å². The van der Waals surface area contributed by atoms with Gasteiger partial charge in [-0.25, -0.2) is 9.50 Å². The molecule has 0 radical (unpaired) electrons. The summed E-state index contributed by atoms with van der Waals surface area (Å²) in [5.74, 6) is -0.140. The van der Waals surface area contributed by atoms with Crippen molar-refractivity contribution in [3.05, 3.63) is 51.9 Å². The maximum atomic E-state index is 12.0. The van der Waals surface area contributed by atoms with Crippen LogP contribution in [0.25, 0.3) is 16.9 Å². The molecule has 0 aliphatic carbocycles. The number of phenols is 1. The summed E-state index contributed by atoms with van der Waals surface area (Å²) < 4.78 is 1.16. The van der Waals surface area contributed by atoms with Crippen molar-refractivity contribution in [2.24, 2.45) is 0 Å². The van der Waals surface area contributed by atoms with E-state index in [1.807, 2.05) is 12.1 Å². The van der Waals surface area contributed by atoms with Gasteiger partial charge in [0.2, 0.25) is 0 Å². The zero-order chi connectivity index (χ0) is 15.0. The number of rotatable bonds is 1. The van der Waals surface area contributed by atoms with E-state index in [1.165, 1.54) is 24.4 Å². The van der Waals surface area contributed by atoms with Crippen molar-refractivity contribution < 1.29 is 5.11 Å². The molecule has 2 heterocycles. The first kappa shape index (κ1) is 12.5. The molecule has 0 aliphatic rings. The Morgan fingerprint density at radius 1 is 1.19 bits per heavy atom. The van der Waals surface area contributed by atoms with E-state index in [2.05, 4.69) is 10.1 Å². The fourth-order valence-electron chi connectivity index (χ4n) is 2.00. The Kier molecular flexibility index (Phi) is 2.68. The number of H-pyrrole nitrogens is 1. The van der Waals surface area contributed by atoms with Crippen LogP contribution in [0.3, 0.4) is 0 Å². The van der Waals surface area contributed by atoms with Gasteiger partial charge in [-0.2, -0.15) is 10.5 Å². The normalized spacial score (nSPS) is 10.2. The summed E-state index contributed by atoms with van der Waals surface area (Å²) in [5, 5.41) is 30.1. The number of nitrogens with zero attached hydrogens (tertiary/aromatic N) is 4. The topological polar surface area (TPSA) is 118 Å². The monoisotopic (exact) mass is 277 g/mol. The van der Waals surface area contributed by atoms with Crippen molar-refractivity contribution >= 4 is 5.65 Å². The van der Waals surface area contributed by atoms with Crippen LogP contribution in [0.5, 0.6) is 5.75 Å². The number of fused-ring (bicyclic) bond motifs is 1. The molecular formula is C14H7N5O2. The number of aromatic nitrogens is 3. The molecule has 0 bridgehead atoms. The molecule has 0 spiro atoms. The molecule has 0 saturated heterocycles. The highest BCUT2D eigenvalue weighted by Crippen LogP contribution is 2.24. The van der Waals surface area contributed by atoms with Gasteiger partial charge in [-0.3, -0.25) is 9.89 Å². The molecule has 2 N–H and O–H groups in total. The second kappa shape index (κ2) is 4.51. The van der Waals surface area contributed by atoms with E-state index >= 15 is 0 Å². The van der Waals surface area contributed by atoms with E-state index < -0.39 is 0 Å². The third-order valence-corrected chi connectivity index (χ3v) is 3.03. The predicted molar refractivity (Wildman–Crippen MR) is 72.3 cm³/mol. The molecule has 0 unspecified atom stereocenters. The van der Waals surface area contributed by atoms with E-state index in [9.17, 15) is 9.90 Å². The van der Waals surface area contributed by atoms with Crippen molar-refractivity contribution in [2.75, 3.05) is 0 Å². The number of hydrogen-bond donors (Lipinski definition) is 2. The number of benzene rings is 1. The Bertz CT molecular complexity index is 1000. The van der Waals surface area contributed by atoms with Crippen LogP contribution in [0.15, 0.2) is 35.3 Å². The van der Waals surface area contributed by atoms with E-state index in [0.717, 1.165) is 4.52 Å². The number of phenolic OH excluding ortho intramolecular Hbond substituents is 1. The van der Waals surface area contributed by atoms with Gasteiger partial charge in [0.15, 0.2) is 5.65 Å². The smallest absolute Gasteiger partial charge is 0.273 e. The van der Waals surface area contributed by atoms with Crippen molar-refractivity contribution in [1.82, 2.24) is 14.6 Å². The SMILES string of the molecule is N#Cc1cc(-c2cc(=O)n3[nH]cc(C#N)c3n2)ccc1O. The van der Waals surface area contributed by atoms with E-state index in [-0.39, 0.29) is 28.1 Å². The van der Waals surface area contributed by atoms with Gasteiger partial charge in [-0.15, -0.1) is 0 Å². The number of aromatic amines is 1. The van der Waals surface area contributed by atoms with Gasteiger partial charge in [-0.1, -0.05) is 0 Å². The third kappa shape index (κ3) is 1.90. The average Bonchev–Trinajstić information content (AvgIpc) is 2.91. The van der Waals surface area contributed by atoms with E-state index in [1.54, 1.807) is 6.07 Å². The largest absolute Gasteiger partial charge is 0.507 e. The van der Waals surface area contributed by atoms with E-state index in [4.69, 9.17) is 10.5 Å². The lowest BCUT2D eigenvalue weighted by Crippen LogP contribution is -2.14. The standard InChI is InChI=1S/C14H7N5O2/c15-5-9-3-8(1-2-12(9)20)11-4-13(21)19-14(18-11)10(6-16)7-17-19/h1-4,7,17,20H. The summed E-state index contributed by atoms with van der Waals surface area (Å²) in [5.41, 5.74) is 1.01. The van der Waals surface area contributed by atoms with Crippen molar-refractivity contribution in [2.45, 2.75) is 0 Å². The van der Waals surface area contributed by atoms with Crippen molar-refractivity contribution in [1.29, 1.82) is 10.5 Å². The minimum atomic E-state index is -0.372. The third-order valence-electron chi connectivity index (χ3n) is 3.03. The van der Waals surface area contributed by atoms with Crippen molar-refractivity contribution in [3.63, 3.8) is 0 Å². The quantitative estimate of drug-likeness (QED) is 0.691. The minimum absolute atomic E-state index is 0.0871. The highest BCUT2D eigenvalue weighted by atomic mass is 16.3. The number of nitriles is 2. The molecular weight excluding hydrogens is 270 g/mol. The number of aromatic hydroxyl groups is 1. The Balaban J connectivity index is 2.29. The average molecular weight is 277 g/mol. The first-order valence-electron chi connectivity index (χ1n) is 5.89. The van der Waals surface area contributed by atoms with Crippen molar-refractivity contribution in [3.8, 4) is 29.1 Å². The van der Waals surface area contributed by atoms with Crippen LogP contribution < -0.4 is 5.56 Å². The van der Waals surface area contributed by atoms with E-state index in [0.29, 0.717) is 11.3 Å². The molecule has 0 aliphatic heterocycles. The van der Waals surface area contributed by atoms with Gasteiger partial charge in [-0.05, 0) is 18.2 Å². The fourth-order valence-corrected chi connectivity index (χ4v) is 2.00. The molecule has 0 amide bonds. The van der Waals surface area contributed by atoms with Crippen LogP contribution >= 0.6 is 0 Å². The highest BCUT2D eigenvalue weighted by molar-refractivity contribution is 5.67. The Labute approximate surface area is 117 Å². The summed E-state index contributed by atoms with van der Waals surface area (Å²) in [6.07, 6.45) is 1.39. The van der Waals surface area contributed by atoms with Crippen LogP contribution in [0, 0.1) is 22.7 Å². The summed E-state index contributed by atoms with van der Waals surface area (Å²) in [7, 11) is 0. The lowest BCUT2D eigenvalue weighted by molar-refractivity contribution is 0.473. The molecule has 21 heavy (non-hydrogen) atoms. The first-order chi connectivity index (χ1) is 10.1. The molecule has 0 atom stereocenters. The van der Waals surface area contributed by atoms with Gasteiger partial charge < -0.3 is 5.11 Å². The van der Waals surface area contributed by atoms with Gasteiger partial charge in [0.1, 0.15) is 23.5 Å². The Morgan fingerprint density at radius 2 is 1.95 bits per heavy atom. The maximum Gasteiger partial charge on any atom is 0.273 e. The Morgan fingerprint density at radius 3 is 2.67 bits per heavy atom. The summed E-state index contributed by atoms with van der Waals surface area (Å²) >= 11 is 0. The zero-order valence-electron chi connectivity index (χ0n) is 10.5. The fraction of sp³-hybridized carbons (Fsp3) is 0. The van der Waals surface area contributed by atoms with Crippen LogP contribution in [0.2, 0.25) is 0 Å². The molecule has 3 rings (SSSR count). The lowest BCUT2D eigenvalue weighted by atomic mass is 10.1. The van der Waals surface area contributed by atoms with Gasteiger partial charge in [0.05, 0.1) is 11.3 Å². The maximum absolute atomic E-state index is 12.0. The number of nitrogens with one attached hydrogen (secondary N) is 1. The second-order valence-corrected chi connectivity index (χ2v) is 4.28. The first-order valence-corrected chi connectivity index (χ1v) is 5.89. The zero-order valence-corrected chi connectivity index (χ0v) is 10.5.